The number of rotatable bonds is 5. The van der Waals surface area contributed by atoms with Gasteiger partial charge in [0.2, 0.25) is 5.91 Å². The van der Waals surface area contributed by atoms with Crippen molar-refractivity contribution in [3.8, 4) is 0 Å². The van der Waals surface area contributed by atoms with Crippen LogP contribution >= 0.6 is 23.7 Å². The lowest BCUT2D eigenvalue weighted by molar-refractivity contribution is -0.123. The van der Waals surface area contributed by atoms with Gasteiger partial charge in [0.15, 0.2) is 0 Å². The van der Waals surface area contributed by atoms with E-state index in [0.717, 1.165) is 19.3 Å². The van der Waals surface area contributed by atoms with Gasteiger partial charge in [-0.25, -0.2) is 0 Å². The van der Waals surface area contributed by atoms with Crippen molar-refractivity contribution < 1.29 is 4.79 Å². The van der Waals surface area contributed by atoms with E-state index in [0.29, 0.717) is 12.3 Å². The van der Waals surface area contributed by atoms with Gasteiger partial charge in [-0.1, -0.05) is 18.9 Å². The van der Waals surface area contributed by atoms with Crippen LogP contribution in [0.2, 0.25) is 0 Å². The summed E-state index contributed by atoms with van der Waals surface area (Å²) in [4.78, 5) is 13.4. The zero-order valence-electron chi connectivity index (χ0n) is 12.0. The number of hydrogen-bond acceptors (Lipinski definition) is 3. The van der Waals surface area contributed by atoms with Gasteiger partial charge in [0.25, 0.3) is 0 Å². The van der Waals surface area contributed by atoms with Crippen molar-refractivity contribution in [3.05, 3.63) is 22.4 Å². The van der Waals surface area contributed by atoms with Crippen molar-refractivity contribution >= 4 is 29.7 Å². The smallest absolute Gasteiger partial charge is 0.220 e. The highest BCUT2D eigenvalue weighted by atomic mass is 35.5. The summed E-state index contributed by atoms with van der Waals surface area (Å²) in [7, 11) is 0. The van der Waals surface area contributed by atoms with Gasteiger partial charge in [0, 0.05) is 29.8 Å². The third-order valence-corrected chi connectivity index (χ3v) is 4.81. The van der Waals surface area contributed by atoms with Crippen LogP contribution in [0.15, 0.2) is 17.5 Å². The Morgan fingerprint density at radius 1 is 1.50 bits per heavy atom. The molecule has 3 unspecified atom stereocenters. The third-order valence-electron chi connectivity index (χ3n) is 3.91. The first-order valence-corrected chi connectivity index (χ1v) is 8.10. The molecule has 1 aromatic rings. The third kappa shape index (κ3) is 5.43. The van der Waals surface area contributed by atoms with Gasteiger partial charge in [-0.2, -0.15) is 0 Å². The molecular formula is C15H25ClN2OS. The van der Waals surface area contributed by atoms with E-state index in [1.165, 1.54) is 17.7 Å². The Labute approximate surface area is 131 Å². The zero-order valence-corrected chi connectivity index (χ0v) is 13.6. The molecule has 3 N–H and O–H groups in total. The molecule has 2 rings (SSSR count). The summed E-state index contributed by atoms with van der Waals surface area (Å²) in [5, 5.41) is 5.17. The van der Waals surface area contributed by atoms with E-state index in [9.17, 15) is 4.79 Å². The van der Waals surface area contributed by atoms with Crippen LogP contribution in [-0.2, 0) is 11.2 Å². The number of halogens is 1. The van der Waals surface area contributed by atoms with Gasteiger partial charge >= 0.3 is 0 Å². The van der Waals surface area contributed by atoms with Gasteiger partial charge in [-0.05, 0) is 37.1 Å². The Morgan fingerprint density at radius 3 is 2.90 bits per heavy atom. The molecule has 0 aromatic carbocycles. The molecule has 1 aliphatic rings. The molecular weight excluding hydrogens is 292 g/mol. The fourth-order valence-corrected chi connectivity index (χ4v) is 3.68. The largest absolute Gasteiger partial charge is 0.353 e. The number of thiophene rings is 1. The molecule has 5 heteroatoms. The van der Waals surface area contributed by atoms with E-state index >= 15 is 0 Å². The van der Waals surface area contributed by atoms with Crippen LogP contribution in [0, 0.1) is 5.92 Å². The molecule has 1 fully saturated rings. The summed E-state index contributed by atoms with van der Waals surface area (Å²) >= 11 is 1.74. The minimum absolute atomic E-state index is 0. The Balaban J connectivity index is 0.00000200. The Kier molecular flexibility index (Phi) is 7.56. The first kappa shape index (κ1) is 17.5. The summed E-state index contributed by atoms with van der Waals surface area (Å²) in [6.45, 7) is 2.07. The van der Waals surface area contributed by atoms with Crippen molar-refractivity contribution in [3.63, 3.8) is 0 Å². The summed E-state index contributed by atoms with van der Waals surface area (Å²) in [5.41, 5.74) is 6.09. The molecule has 20 heavy (non-hydrogen) atoms. The number of nitrogens with one attached hydrogen (secondary N) is 1. The molecule has 3 nitrogen and oxygen atoms in total. The quantitative estimate of drug-likeness (QED) is 0.877. The molecule has 0 spiro atoms. The van der Waals surface area contributed by atoms with Gasteiger partial charge in [-0.15, -0.1) is 23.7 Å². The van der Waals surface area contributed by atoms with Crippen molar-refractivity contribution in [1.29, 1.82) is 0 Å². The van der Waals surface area contributed by atoms with Crippen LogP contribution in [0.3, 0.4) is 0 Å². The molecule has 0 aliphatic heterocycles. The second-order valence-corrected chi connectivity index (χ2v) is 6.70. The van der Waals surface area contributed by atoms with Crippen LogP contribution in [0.5, 0.6) is 0 Å². The summed E-state index contributed by atoms with van der Waals surface area (Å²) in [6, 6.07) is 4.58. The lowest BCUT2D eigenvalue weighted by Crippen LogP contribution is -2.40. The van der Waals surface area contributed by atoms with Gasteiger partial charge in [0.1, 0.15) is 0 Å². The number of carbonyl (C=O) groups excluding carboxylic acids is 1. The monoisotopic (exact) mass is 316 g/mol. The highest BCUT2D eigenvalue weighted by Crippen LogP contribution is 2.25. The summed E-state index contributed by atoms with van der Waals surface area (Å²) in [6.07, 6.45) is 6.12. The fraction of sp³-hybridized carbons (Fsp3) is 0.667. The SMILES string of the molecule is CC(Cc1cccs1)NC(=O)CC1CCCCC1N.Cl. The van der Waals surface area contributed by atoms with Crippen molar-refractivity contribution in [2.45, 2.75) is 57.5 Å². The van der Waals surface area contributed by atoms with E-state index in [1.807, 2.05) is 0 Å². The van der Waals surface area contributed by atoms with Crippen LogP contribution in [0.4, 0.5) is 0 Å². The van der Waals surface area contributed by atoms with E-state index in [-0.39, 0.29) is 30.4 Å². The van der Waals surface area contributed by atoms with Crippen molar-refractivity contribution in [1.82, 2.24) is 5.32 Å². The van der Waals surface area contributed by atoms with Crippen LogP contribution in [0.25, 0.3) is 0 Å². The number of hydrogen-bond donors (Lipinski definition) is 2. The summed E-state index contributed by atoms with van der Waals surface area (Å²) < 4.78 is 0. The minimum Gasteiger partial charge on any atom is -0.353 e. The fourth-order valence-electron chi connectivity index (χ4n) is 2.84. The molecule has 3 atom stereocenters. The molecule has 0 bridgehead atoms. The maximum Gasteiger partial charge on any atom is 0.220 e. The van der Waals surface area contributed by atoms with Crippen LogP contribution in [0.1, 0.15) is 43.9 Å². The lowest BCUT2D eigenvalue weighted by Gasteiger charge is -2.28. The van der Waals surface area contributed by atoms with Gasteiger partial charge in [-0.3, -0.25) is 4.79 Å². The number of amides is 1. The molecule has 114 valence electrons. The zero-order chi connectivity index (χ0) is 13.7. The second kappa shape index (κ2) is 8.65. The first-order valence-electron chi connectivity index (χ1n) is 7.22. The predicted molar refractivity (Wildman–Crippen MR) is 87.4 cm³/mol. The minimum atomic E-state index is 0. The topological polar surface area (TPSA) is 55.1 Å². The van der Waals surface area contributed by atoms with E-state index in [1.54, 1.807) is 11.3 Å². The van der Waals surface area contributed by atoms with Gasteiger partial charge in [0.05, 0.1) is 0 Å². The van der Waals surface area contributed by atoms with E-state index < -0.39 is 0 Å². The normalized spacial score (nSPS) is 23.7. The Hall–Kier alpha value is -0.580. The summed E-state index contributed by atoms with van der Waals surface area (Å²) in [5.74, 6) is 0.536. The standard InChI is InChI=1S/C15H24N2OS.ClH/c1-11(9-13-6-4-8-19-13)17-15(18)10-12-5-2-3-7-14(12)16;/h4,6,8,11-12,14H,2-3,5,7,9-10,16H2,1H3,(H,17,18);1H. The Bertz CT molecular complexity index is 397. The molecule has 0 saturated heterocycles. The van der Waals surface area contributed by atoms with Gasteiger partial charge < -0.3 is 11.1 Å². The van der Waals surface area contributed by atoms with Crippen LogP contribution < -0.4 is 11.1 Å². The average Bonchev–Trinajstić information content (AvgIpc) is 2.84. The molecule has 1 aliphatic carbocycles. The predicted octanol–water partition coefficient (Wildman–Crippen LogP) is 3.12. The van der Waals surface area contributed by atoms with Crippen LogP contribution in [-0.4, -0.2) is 18.0 Å². The van der Waals surface area contributed by atoms with Crippen molar-refractivity contribution in [2.24, 2.45) is 11.7 Å². The molecule has 1 heterocycles. The lowest BCUT2D eigenvalue weighted by atomic mass is 9.83. The molecule has 1 saturated carbocycles. The maximum absolute atomic E-state index is 12.0. The Morgan fingerprint density at radius 2 is 2.25 bits per heavy atom. The second-order valence-electron chi connectivity index (χ2n) is 5.66. The first-order chi connectivity index (χ1) is 9.15. The van der Waals surface area contributed by atoms with Crippen molar-refractivity contribution in [2.75, 3.05) is 0 Å². The molecule has 0 radical (unpaired) electrons. The molecule has 1 aromatic heterocycles. The molecule has 1 amide bonds. The maximum atomic E-state index is 12.0. The highest BCUT2D eigenvalue weighted by molar-refractivity contribution is 7.09. The number of carbonyl (C=O) groups is 1. The average molecular weight is 317 g/mol. The number of nitrogens with two attached hydrogens (primary N) is 1. The van der Waals surface area contributed by atoms with E-state index in [2.05, 4.69) is 29.8 Å². The highest BCUT2D eigenvalue weighted by Gasteiger charge is 2.24. The van der Waals surface area contributed by atoms with E-state index in [4.69, 9.17) is 5.73 Å².